The van der Waals surface area contributed by atoms with E-state index in [-0.39, 0.29) is 42.6 Å². The van der Waals surface area contributed by atoms with E-state index in [0.29, 0.717) is 36.0 Å². The van der Waals surface area contributed by atoms with Gasteiger partial charge in [0.05, 0.1) is 7.11 Å². The van der Waals surface area contributed by atoms with Crippen LogP contribution in [0.1, 0.15) is 23.1 Å². The van der Waals surface area contributed by atoms with Gasteiger partial charge >= 0.3 is 29.6 Å². The van der Waals surface area contributed by atoms with E-state index < -0.39 is 5.97 Å². The van der Waals surface area contributed by atoms with Crippen molar-refractivity contribution in [2.75, 3.05) is 20.8 Å². The zero-order valence-electron chi connectivity index (χ0n) is 19.7. The van der Waals surface area contributed by atoms with Gasteiger partial charge in [-0.05, 0) is 42.2 Å². The number of aliphatic carboxylic acids is 1. The molecule has 0 spiro atoms. The molecule has 0 saturated carbocycles. The fraction of sp³-hybridized carbons (Fsp3) is 0.231. The number of ether oxygens (including phenoxy) is 3. The van der Waals surface area contributed by atoms with Crippen LogP contribution in [0, 0.1) is 0 Å². The molecule has 0 aromatic heterocycles. The van der Waals surface area contributed by atoms with Gasteiger partial charge in [-0.15, -0.1) is 0 Å². The Balaban J connectivity index is 0.00000408. The number of carbonyl (C=O) groups is 1. The first kappa shape index (κ1) is 27.2. The third-order valence-electron chi connectivity index (χ3n) is 4.87. The maximum atomic E-state index is 10.7. The van der Waals surface area contributed by atoms with Gasteiger partial charge in [0.1, 0.15) is 43.3 Å². The van der Waals surface area contributed by atoms with Crippen molar-refractivity contribution in [2.45, 2.75) is 19.4 Å². The Labute approximate surface area is 221 Å². The molecule has 0 saturated heterocycles. The van der Waals surface area contributed by atoms with Crippen molar-refractivity contribution in [1.29, 1.82) is 0 Å². The van der Waals surface area contributed by atoms with Crippen molar-refractivity contribution in [3.63, 3.8) is 0 Å². The van der Waals surface area contributed by atoms with Crippen LogP contribution in [0.3, 0.4) is 0 Å². The average Bonchev–Trinajstić information content (AvgIpc) is 2.85. The van der Waals surface area contributed by atoms with E-state index in [1.165, 1.54) is 7.11 Å². The second-order valence-electron chi connectivity index (χ2n) is 7.15. The maximum Gasteiger partial charge on any atom is 1.00 e. The molecule has 0 unspecified atom stereocenters. The molecule has 0 bridgehead atoms. The molecule has 0 fully saturated rings. The number of hydrogen-bond donors (Lipinski definition) is 0. The van der Waals surface area contributed by atoms with Gasteiger partial charge in [0.25, 0.3) is 0 Å². The van der Waals surface area contributed by atoms with Crippen molar-refractivity contribution < 1.29 is 58.5 Å². The molecule has 0 atom stereocenters. The van der Waals surface area contributed by atoms with Crippen LogP contribution in [0.15, 0.2) is 78.0 Å². The van der Waals surface area contributed by atoms with Crippen molar-refractivity contribution in [2.24, 2.45) is 5.16 Å². The zero-order valence-corrected chi connectivity index (χ0v) is 21.7. The smallest absolute Gasteiger partial charge is 0.550 e. The first-order valence-corrected chi connectivity index (χ1v) is 10.5. The minimum atomic E-state index is -1.09. The Morgan fingerprint density at radius 2 is 1.62 bits per heavy atom. The van der Waals surface area contributed by atoms with Gasteiger partial charge < -0.3 is 28.9 Å². The fourth-order valence-corrected chi connectivity index (χ4v) is 3.16. The Bertz CT molecular complexity index is 1070. The number of oxime groups is 1. The topological polar surface area (TPSA) is 89.4 Å². The third kappa shape index (κ3) is 8.41. The molecule has 0 N–H and O–H groups in total. The SMILES string of the molecule is CON=C(COc1ccc(COc2ccc(CCC(=O)[O-])c(OC)c2)cc1)c1ccccc1.[Na+]. The molecule has 0 aliphatic carbocycles. The summed E-state index contributed by atoms with van der Waals surface area (Å²) in [5.74, 6) is 0.835. The van der Waals surface area contributed by atoms with Crippen LogP contribution >= 0.6 is 0 Å². The second kappa shape index (κ2) is 14.3. The predicted octanol–water partition coefficient (Wildman–Crippen LogP) is 0.390. The monoisotopic (exact) mass is 471 g/mol. The number of carboxylic acids is 1. The summed E-state index contributed by atoms with van der Waals surface area (Å²) >= 11 is 0. The van der Waals surface area contributed by atoms with E-state index in [0.717, 1.165) is 16.7 Å². The maximum absolute atomic E-state index is 10.7. The third-order valence-corrected chi connectivity index (χ3v) is 4.87. The minimum Gasteiger partial charge on any atom is -0.550 e. The van der Waals surface area contributed by atoms with E-state index in [1.807, 2.05) is 54.6 Å². The van der Waals surface area contributed by atoms with E-state index >= 15 is 0 Å². The molecule has 3 aromatic carbocycles. The average molecular weight is 471 g/mol. The molecule has 34 heavy (non-hydrogen) atoms. The summed E-state index contributed by atoms with van der Waals surface area (Å²) in [5.41, 5.74) is 3.39. The first-order valence-electron chi connectivity index (χ1n) is 10.5. The Morgan fingerprint density at radius 1 is 0.912 bits per heavy atom. The summed E-state index contributed by atoms with van der Waals surface area (Å²) in [4.78, 5) is 15.6. The molecule has 172 valence electrons. The van der Waals surface area contributed by atoms with E-state index in [4.69, 9.17) is 19.0 Å². The van der Waals surface area contributed by atoms with Crippen LogP contribution < -0.4 is 48.9 Å². The Hall–Kier alpha value is -3.00. The number of hydrogen-bond acceptors (Lipinski definition) is 7. The molecule has 0 aliphatic heterocycles. The second-order valence-corrected chi connectivity index (χ2v) is 7.15. The summed E-state index contributed by atoms with van der Waals surface area (Å²) < 4.78 is 17.1. The number of carbonyl (C=O) groups excluding carboxylic acids is 1. The normalized spacial score (nSPS) is 10.7. The number of carboxylic acid groups (broad SMARTS) is 1. The van der Waals surface area contributed by atoms with Crippen LogP contribution in [0.5, 0.6) is 17.2 Å². The van der Waals surface area contributed by atoms with Crippen LogP contribution in [0.2, 0.25) is 0 Å². The van der Waals surface area contributed by atoms with E-state index in [1.54, 1.807) is 25.3 Å². The summed E-state index contributed by atoms with van der Waals surface area (Å²) in [6, 6.07) is 22.7. The van der Waals surface area contributed by atoms with Gasteiger partial charge in [-0.3, -0.25) is 0 Å². The largest absolute Gasteiger partial charge is 1.00 e. The minimum absolute atomic E-state index is 0. The number of nitrogens with zero attached hydrogens (tertiary/aromatic N) is 1. The number of methoxy groups -OCH3 is 1. The van der Waals surface area contributed by atoms with Gasteiger partial charge in [0.15, 0.2) is 0 Å². The van der Waals surface area contributed by atoms with Gasteiger partial charge in [-0.2, -0.15) is 0 Å². The number of rotatable bonds is 12. The summed E-state index contributed by atoms with van der Waals surface area (Å²) in [7, 11) is 3.05. The molecule has 0 amide bonds. The Morgan fingerprint density at radius 3 is 2.26 bits per heavy atom. The van der Waals surface area contributed by atoms with Crippen LogP contribution in [0.25, 0.3) is 0 Å². The van der Waals surface area contributed by atoms with Gasteiger partial charge in [0.2, 0.25) is 0 Å². The number of benzene rings is 3. The quantitative estimate of drug-likeness (QED) is 0.216. The Kier molecular flexibility index (Phi) is 11.5. The molecule has 0 heterocycles. The van der Waals surface area contributed by atoms with Crippen molar-refractivity contribution in [3.05, 3.63) is 89.5 Å². The van der Waals surface area contributed by atoms with Crippen LogP contribution in [-0.2, 0) is 22.7 Å². The summed E-state index contributed by atoms with van der Waals surface area (Å²) in [5, 5.41) is 14.8. The van der Waals surface area contributed by atoms with E-state index in [2.05, 4.69) is 5.16 Å². The molecule has 7 nitrogen and oxygen atoms in total. The molecule has 0 radical (unpaired) electrons. The standard InChI is InChI=1S/C26H27NO6.Na/c1-30-25-16-23(14-10-21(25)11-15-26(28)29)32-17-19-8-12-22(13-9-19)33-18-24(27-31-2)20-6-4-3-5-7-20;/h3-10,12-14,16H,11,15,17-18H2,1-2H3,(H,28,29);/q;+1/p-1. The molecule has 0 aliphatic rings. The van der Waals surface area contributed by atoms with Crippen LogP contribution in [0.4, 0.5) is 0 Å². The molecule has 3 rings (SSSR count). The van der Waals surface area contributed by atoms with Crippen molar-refractivity contribution in [1.82, 2.24) is 0 Å². The van der Waals surface area contributed by atoms with Crippen LogP contribution in [-0.4, -0.2) is 32.5 Å². The van der Waals surface area contributed by atoms with Gasteiger partial charge in [0, 0.05) is 17.6 Å². The number of aryl methyl sites for hydroxylation is 1. The zero-order chi connectivity index (χ0) is 23.5. The molecule has 8 heteroatoms. The van der Waals surface area contributed by atoms with Gasteiger partial charge in [-0.25, -0.2) is 0 Å². The summed E-state index contributed by atoms with van der Waals surface area (Å²) in [6.45, 7) is 0.639. The van der Waals surface area contributed by atoms with Crippen molar-refractivity contribution >= 4 is 11.7 Å². The fourth-order valence-electron chi connectivity index (χ4n) is 3.16. The molecular formula is C26H26NNaO6. The molecular weight excluding hydrogens is 445 g/mol. The van der Waals surface area contributed by atoms with Crippen molar-refractivity contribution in [3.8, 4) is 17.2 Å². The van der Waals surface area contributed by atoms with E-state index in [9.17, 15) is 9.90 Å². The summed E-state index contributed by atoms with van der Waals surface area (Å²) in [6.07, 6.45) is 0.281. The molecule has 3 aromatic rings. The predicted molar refractivity (Wildman–Crippen MR) is 123 cm³/mol. The van der Waals surface area contributed by atoms with Gasteiger partial charge in [-0.1, -0.05) is 53.7 Å². The first-order chi connectivity index (χ1) is 16.1.